The Hall–Kier alpha value is 0.160. The van der Waals surface area contributed by atoms with E-state index in [0.29, 0.717) is 0 Å². The van der Waals surface area contributed by atoms with Crippen molar-refractivity contribution in [1.29, 1.82) is 0 Å². The number of amides is 1. The van der Waals surface area contributed by atoms with Crippen LogP contribution in [0.2, 0.25) is 0 Å². The van der Waals surface area contributed by atoms with Gasteiger partial charge in [-0.25, -0.2) is 0 Å². The lowest BCUT2D eigenvalue weighted by molar-refractivity contribution is -0.127. The van der Waals surface area contributed by atoms with Crippen LogP contribution in [0.3, 0.4) is 0 Å². The molecule has 0 atom stereocenters. The predicted octanol–water partition coefficient (Wildman–Crippen LogP) is 1.35. The molecule has 0 bridgehead atoms. The third-order valence-electron chi connectivity index (χ3n) is 2.20. The molecule has 76 valence electrons. The van der Waals surface area contributed by atoms with Gasteiger partial charge < -0.3 is 10.1 Å². The largest absolute Gasteiger partial charge is 0.381 e. The number of alkyl halides is 1. The Bertz CT molecular complexity index is 158. The van der Waals surface area contributed by atoms with E-state index < -0.39 is 0 Å². The van der Waals surface area contributed by atoms with E-state index in [9.17, 15) is 4.79 Å². The Balaban J connectivity index is 2.13. The van der Waals surface area contributed by atoms with E-state index in [1.807, 2.05) is 0 Å². The Morgan fingerprint density at radius 3 is 2.77 bits per heavy atom. The second-order valence-electron chi connectivity index (χ2n) is 3.22. The monoisotopic (exact) mass is 297 g/mol. The van der Waals surface area contributed by atoms with Crippen LogP contribution < -0.4 is 5.32 Å². The highest BCUT2D eigenvalue weighted by molar-refractivity contribution is 14.1. The molecule has 0 aromatic carbocycles. The molecule has 0 radical (unpaired) electrons. The minimum Gasteiger partial charge on any atom is -0.381 e. The first kappa shape index (κ1) is 11.2. The first-order valence-electron chi connectivity index (χ1n) is 4.76. The Morgan fingerprint density at radius 1 is 1.46 bits per heavy atom. The molecule has 0 unspecified atom stereocenters. The van der Waals surface area contributed by atoms with Crippen LogP contribution in [-0.2, 0) is 9.53 Å². The molecular formula is C9H16INO2. The Labute approximate surface area is 92.7 Å². The minimum atomic E-state index is 0.197. The summed E-state index contributed by atoms with van der Waals surface area (Å²) in [5, 5.41) is 2.95. The molecule has 0 aromatic heterocycles. The quantitative estimate of drug-likeness (QED) is 0.483. The van der Waals surface area contributed by atoms with Crippen LogP contribution >= 0.6 is 22.6 Å². The van der Waals surface area contributed by atoms with Crippen LogP contribution in [0.15, 0.2) is 0 Å². The van der Waals surface area contributed by atoms with Crippen molar-refractivity contribution in [2.75, 3.05) is 24.2 Å². The molecular weight excluding hydrogens is 281 g/mol. The first-order chi connectivity index (χ1) is 6.34. The van der Waals surface area contributed by atoms with Crippen molar-refractivity contribution >= 4 is 28.5 Å². The minimum absolute atomic E-state index is 0.197. The molecule has 0 spiro atoms. The van der Waals surface area contributed by atoms with Gasteiger partial charge in [0.25, 0.3) is 0 Å². The number of hydrogen-bond donors (Lipinski definition) is 1. The van der Waals surface area contributed by atoms with Gasteiger partial charge in [0.05, 0.1) is 0 Å². The van der Waals surface area contributed by atoms with Gasteiger partial charge in [-0.1, -0.05) is 22.6 Å². The van der Waals surface area contributed by atoms with Gasteiger partial charge in [0.1, 0.15) is 0 Å². The summed E-state index contributed by atoms with van der Waals surface area (Å²) in [5.74, 6) is 0.413. The molecule has 1 aliphatic heterocycles. The lowest BCUT2D eigenvalue weighted by atomic mass is 9.99. The first-order valence-corrected chi connectivity index (χ1v) is 6.28. The number of nitrogens with one attached hydrogen (secondary N) is 1. The van der Waals surface area contributed by atoms with Crippen LogP contribution in [0, 0.1) is 5.92 Å². The van der Waals surface area contributed by atoms with Crippen molar-refractivity contribution in [3.63, 3.8) is 0 Å². The molecule has 1 heterocycles. The zero-order valence-electron chi connectivity index (χ0n) is 7.72. The van der Waals surface area contributed by atoms with Gasteiger partial charge in [0.15, 0.2) is 0 Å². The summed E-state index contributed by atoms with van der Waals surface area (Å²) in [7, 11) is 0. The van der Waals surface area contributed by atoms with Gasteiger partial charge >= 0.3 is 0 Å². The third kappa shape index (κ3) is 4.26. The SMILES string of the molecule is O=C(NCCCI)C1CCOCC1. The van der Waals surface area contributed by atoms with Crippen molar-refractivity contribution in [3.05, 3.63) is 0 Å². The van der Waals surface area contributed by atoms with Crippen LogP contribution in [0.5, 0.6) is 0 Å². The predicted molar refractivity (Wildman–Crippen MR) is 60.1 cm³/mol. The smallest absolute Gasteiger partial charge is 0.223 e. The van der Waals surface area contributed by atoms with Crippen LogP contribution in [-0.4, -0.2) is 30.1 Å². The van der Waals surface area contributed by atoms with E-state index in [4.69, 9.17) is 4.74 Å². The summed E-state index contributed by atoms with van der Waals surface area (Å²) in [4.78, 5) is 11.5. The fraction of sp³-hybridized carbons (Fsp3) is 0.889. The average Bonchev–Trinajstić information content (AvgIpc) is 2.19. The third-order valence-corrected chi connectivity index (χ3v) is 2.96. The molecule has 1 N–H and O–H groups in total. The maximum absolute atomic E-state index is 11.5. The Kier molecular flexibility index (Phi) is 5.70. The van der Waals surface area contributed by atoms with Crippen LogP contribution in [0.1, 0.15) is 19.3 Å². The van der Waals surface area contributed by atoms with Gasteiger partial charge in [-0.15, -0.1) is 0 Å². The molecule has 1 amide bonds. The number of hydrogen-bond acceptors (Lipinski definition) is 2. The van der Waals surface area contributed by atoms with E-state index in [-0.39, 0.29) is 11.8 Å². The summed E-state index contributed by atoms with van der Waals surface area (Å²) >= 11 is 2.32. The molecule has 1 rings (SSSR count). The highest BCUT2D eigenvalue weighted by Gasteiger charge is 2.20. The van der Waals surface area contributed by atoms with Gasteiger partial charge in [0, 0.05) is 30.1 Å². The number of halogens is 1. The number of ether oxygens (including phenoxy) is 1. The molecule has 3 nitrogen and oxygen atoms in total. The normalized spacial score (nSPS) is 18.5. The highest BCUT2D eigenvalue weighted by atomic mass is 127. The molecule has 0 saturated carbocycles. The molecule has 4 heteroatoms. The van der Waals surface area contributed by atoms with Gasteiger partial charge in [-0.2, -0.15) is 0 Å². The van der Waals surface area contributed by atoms with E-state index >= 15 is 0 Å². The van der Waals surface area contributed by atoms with Gasteiger partial charge in [-0.3, -0.25) is 4.79 Å². The van der Waals surface area contributed by atoms with Crippen molar-refractivity contribution in [2.24, 2.45) is 5.92 Å². The maximum Gasteiger partial charge on any atom is 0.223 e. The van der Waals surface area contributed by atoms with E-state index in [1.54, 1.807) is 0 Å². The summed E-state index contributed by atoms with van der Waals surface area (Å²) in [6, 6.07) is 0. The zero-order valence-corrected chi connectivity index (χ0v) is 9.88. The average molecular weight is 297 g/mol. The van der Waals surface area contributed by atoms with Crippen LogP contribution in [0.25, 0.3) is 0 Å². The summed E-state index contributed by atoms with van der Waals surface area (Å²) in [6.07, 6.45) is 2.83. The fourth-order valence-corrected chi connectivity index (χ4v) is 1.76. The molecule has 1 aliphatic rings. The van der Waals surface area contributed by atoms with Gasteiger partial charge in [0.2, 0.25) is 5.91 Å². The lowest BCUT2D eigenvalue weighted by Crippen LogP contribution is -2.34. The fourth-order valence-electron chi connectivity index (χ4n) is 1.38. The highest BCUT2D eigenvalue weighted by Crippen LogP contribution is 2.14. The van der Waals surface area contributed by atoms with E-state index in [0.717, 1.165) is 43.4 Å². The Morgan fingerprint density at radius 2 is 2.15 bits per heavy atom. The second-order valence-corrected chi connectivity index (χ2v) is 4.30. The summed E-state index contributed by atoms with van der Waals surface area (Å²) in [6.45, 7) is 2.30. The van der Waals surface area contributed by atoms with Crippen LogP contribution in [0.4, 0.5) is 0 Å². The standard InChI is InChI=1S/C9H16INO2/c10-4-1-5-11-9(12)8-2-6-13-7-3-8/h8H,1-7H2,(H,11,12). The topological polar surface area (TPSA) is 38.3 Å². The van der Waals surface area contributed by atoms with Crippen molar-refractivity contribution in [3.8, 4) is 0 Å². The van der Waals surface area contributed by atoms with Crippen molar-refractivity contribution in [1.82, 2.24) is 5.32 Å². The van der Waals surface area contributed by atoms with E-state index in [2.05, 4.69) is 27.9 Å². The molecule has 0 aromatic rings. The number of carbonyl (C=O) groups is 1. The molecule has 0 aliphatic carbocycles. The number of carbonyl (C=O) groups excluding carboxylic acids is 1. The van der Waals surface area contributed by atoms with E-state index in [1.165, 1.54) is 0 Å². The van der Waals surface area contributed by atoms with Gasteiger partial charge in [-0.05, 0) is 19.3 Å². The summed E-state index contributed by atoms with van der Waals surface area (Å²) < 4.78 is 6.30. The maximum atomic E-state index is 11.5. The van der Waals surface area contributed by atoms with Crippen molar-refractivity contribution < 1.29 is 9.53 Å². The number of rotatable bonds is 4. The molecule has 1 fully saturated rings. The second kappa shape index (κ2) is 6.59. The zero-order chi connectivity index (χ0) is 9.52. The molecule has 13 heavy (non-hydrogen) atoms. The summed E-state index contributed by atoms with van der Waals surface area (Å²) in [5.41, 5.74) is 0. The lowest BCUT2D eigenvalue weighted by Gasteiger charge is -2.21. The molecule has 1 saturated heterocycles. The van der Waals surface area contributed by atoms with Crippen molar-refractivity contribution in [2.45, 2.75) is 19.3 Å².